The zero-order chi connectivity index (χ0) is 14.7. The number of furan rings is 1. The topological polar surface area (TPSA) is 83.4 Å². The van der Waals surface area contributed by atoms with E-state index in [-0.39, 0.29) is 11.9 Å². The molecule has 0 saturated heterocycles. The van der Waals surface area contributed by atoms with Gasteiger partial charge in [-0.3, -0.25) is 4.79 Å². The lowest BCUT2D eigenvalue weighted by molar-refractivity contribution is 0.102. The molecule has 6 nitrogen and oxygen atoms in total. The van der Waals surface area contributed by atoms with Gasteiger partial charge in [0.2, 0.25) is 0 Å². The van der Waals surface area contributed by atoms with Gasteiger partial charge in [-0.25, -0.2) is 4.79 Å². The predicted molar refractivity (Wildman–Crippen MR) is 78.3 cm³/mol. The van der Waals surface area contributed by atoms with E-state index < -0.39 is 0 Å². The van der Waals surface area contributed by atoms with Gasteiger partial charge in [0.05, 0.1) is 11.8 Å². The Bertz CT molecular complexity index is 648. The van der Waals surface area contributed by atoms with Crippen LogP contribution in [0.1, 0.15) is 23.2 Å². The number of amides is 3. The van der Waals surface area contributed by atoms with E-state index >= 15 is 0 Å². The van der Waals surface area contributed by atoms with Crippen molar-refractivity contribution in [1.29, 1.82) is 0 Å². The van der Waals surface area contributed by atoms with Crippen molar-refractivity contribution in [1.82, 2.24) is 5.32 Å². The number of benzene rings is 1. The molecule has 0 aliphatic heterocycles. The number of nitrogens with one attached hydrogen (secondary N) is 3. The van der Waals surface area contributed by atoms with Crippen LogP contribution in [0.2, 0.25) is 0 Å². The van der Waals surface area contributed by atoms with Crippen molar-refractivity contribution in [2.45, 2.75) is 18.9 Å². The van der Waals surface area contributed by atoms with Crippen LogP contribution in [0.25, 0.3) is 0 Å². The van der Waals surface area contributed by atoms with E-state index in [1.165, 1.54) is 12.5 Å². The van der Waals surface area contributed by atoms with Crippen molar-refractivity contribution >= 4 is 23.3 Å². The van der Waals surface area contributed by atoms with Crippen LogP contribution in [0.3, 0.4) is 0 Å². The van der Waals surface area contributed by atoms with Gasteiger partial charge in [-0.2, -0.15) is 0 Å². The minimum absolute atomic E-state index is 0.226. The van der Waals surface area contributed by atoms with Crippen LogP contribution in [0.4, 0.5) is 16.2 Å². The summed E-state index contributed by atoms with van der Waals surface area (Å²) in [6.45, 7) is 0. The van der Waals surface area contributed by atoms with Crippen molar-refractivity contribution in [2.75, 3.05) is 10.6 Å². The van der Waals surface area contributed by atoms with Crippen molar-refractivity contribution < 1.29 is 14.0 Å². The number of hydrogen-bond donors (Lipinski definition) is 3. The molecule has 1 aromatic carbocycles. The summed E-state index contributed by atoms with van der Waals surface area (Å²) in [4.78, 5) is 23.6. The molecule has 2 aromatic rings. The zero-order valence-corrected chi connectivity index (χ0v) is 11.3. The Hall–Kier alpha value is -2.76. The van der Waals surface area contributed by atoms with E-state index in [0.29, 0.717) is 23.0 Å². The van der Waals surface area contributed by atoms with Gasteiger partial charge in [-0.15, -0.1) is 0 Å². The van der Waals surface area contributed by atoms with Gasteiger partial charge in [0.25, 0.3) is 5.91 Å². The number of urea groups is 1. The summed E-state index contributed by atoms with van der Waals surface area (Å²) in [5.41, 5.74) is 1.67. The molecule has 0 radical (unpaired) electrons. The summed E-state index contributed by atoms with van der Waals surface area (Å²) >= 11 is 0. The first-order valence-electron chi connectivity index (χ1n) is 6.72. The number of carbonyl (C=O) groups is 2. The molecule has 3 rings (SSSR count). The molecule has 1 fully saturated rings. The molecule has 0 atom stereocenters. The van der Waals surface area contributed by atoms with E-state index in [9.17, 15) is 9.59 Å². The molecule has 6 heteroatoms. The molecule has 108 valence electrons. The lowest BCUT2D eigenvalue weighted by atomic mass is 10.2. The van der Waals surface area contributed by atoms with E-state index in [0.717, 1.165) is 12.8 Å². The average Bonchev–Trinajstić information content (AvgIpc) is 3.08. The van der Waals surface area contributed by atoms with Crippen LogP contribution in [0.5, 0.6) is 0 Å². The molecule has 0 bridgehead atoms. The third kappa shape index (κ3) is 3.62. The maximum Gasteiger partial charge on any atom is 0.319 e. The summed E-state index contributed by atoms with van der Waals surface area (Å²) in [6, 6.07) is 8.63. The van der Waals surface area contributed by atoms with Gasteiger partial charge in [-0.1, -0.05) is 6.07 Å². The van der Waals surface area contributed by atoms with Crippen LogP contribution in [0.15, 0.2) is 47.3 Å². The Kier molecular flexibility index (Phi) is 3.59. The molecule has 1 aliphatic rings. The van der Waals surface area contributed by atoms with E-state index in [2.05, 4.69) is 16.0 Å². The first-order chi connectivity index (χ1) is 10.2. The van der Waals surface area contributed by atoms with Crippen molar-refractivity contribution in [3.05, 3.63) is 48.4 Å². The zero-order valence-electron chi connectivity index (χ0n) is 11.3. The fraction of sp³-hybridized carbons (Fsp3) is 0.200. The largest absolute Gasteiger partial charge is 0.472 e. The van der Waals surface area contributed by atoms with Gasteiger partial charge in [0.15, 0.2) is 0 Å². The van der Waals surface area contributed by atoms with Crippen molar-refractivity contribution in [2.24, 2.45) is 0 Å². The average molecular weight is 285 g/mol. The standard InChI is InChI=1S/C15H15N3O3/c19-14(10-6-7-21-9-10)16-12-2-1-3-13(8-12)18-15(20)17-11-4-5-11/h1-3,6-9,11H,4-5H2,(H,16,19)(H2,17,18,20). The van der Waals surface area contributed by atoms with Gasteiger partial charge < -0.3 is 20.4 Å². The van der Waals surface area contributed by atoms with E-state index in [1.807, 2.05) is 0 Å². The summed E-state index contributed by atoms with van der Waals surface area (Å²) in [6.07, 6.45) is 4.89. The third-order valence-electron chi connectivity index (χ3n) is 3.07. The Labute approximate surface area is 121 Å². The molecule has 0 unspecified atom stereocenters. The molecule has 0 spiro atoms. The molecular formula is C15H15N3O3. The Morgan fingerprint density at radius 1 is 1.10 bits per heavy atom. The fourth-order valence-electron chi connectivity index (χ4n) is 1.85. The summed E-state index contributed by atoms with van der Waals surface area (Å²) in [5, 5.41) is 8.32. The summed E-state index contributed by atoms with van der Waals surface area (Å²) < 4.78 is 4.87. The number of carbonyl (C=O) groups excluding carboxylic acids is 2. The maximum atomic E-state index is 11.9. The first kappa shape index (κ1) is 13.2. The van der Waals surface area contributed by atoms with Crippen LogP contribution in [-0.4, -0.2) is 18.0 Å². The highest BCUT2D eigenvalue weighted by atomic mass is 16.3. The molecule has 1 aromatic heterocycles. The highest BCUT2D eigenvalue weighted by molar-refractivity contribution is 6.04. The minimum Gasteiger partial charge on any atom is -0.472 e. The highest BCUT2D eigenvalue weighted by Gasteiger charge is 2.23. The second-order valence-corrected chi connectivity index (χ2v) is 4.92. The molecule has 21 heavy (non-hydrogen) atoms. The van der Waals surface area contributed by atoms with Gasteiger partial charge in [0.1, 0.15) is 6.26 Å². The minimum atomic E-state index is -0.261. The summed E-state index contributed by atoms with van der Waals surface area (Å²) in [5.74, 6) is -0.261. The van der Waals surface area contributed by atoms with Crippen LogP contribution in [0, 0.1) is 0 Å². The Morgan fingerprint density at radius 3 is 2.52 bits per heavy atom. The third-order valence-corrected chi connectivity index (χ3v) is 3.07. The lowest BCUT2D eigenvalue weighted by Gasteiger charge is -2.09. The van der Waals surface area contributed by atoms with Crippen LogP contribution < -0.4 is 16.0 Å². The molecule has 3 N–H and O–H groups in total. The Balaban J connectivity index is 1.62. The normalized spacial score (nSPS) is 13.5. The molecule has 1 heterocycles. The van der Waals surface area contributed by atoms with Gasteiger partial charge in [0, 0.05) is 17.4 Å². The number of rotatable bonds is 4. The second-order valence-electron chi connectivity index (χ2n) is 4.92. The molecule has 3 amide bonds. The Morgan fingerprint density at radius 2 is 1.86 bits per heavy atom. The monoisotopic (exact) mass is 285 g/mol. The first-order valence-corrected chi connectivity index (χ1v) is 6.72. The second kappa shape index (κ2) is 5.70. The van der Waals surface area contributed by atoms with Crippen molar-refractivity contribution in [3.8, 4) is 0 Å². The maximum absolute atomic E-state index is 11.9. The van der Waals surface area contributed by atoms with Gasteiger partial charge in [-0.05, 0) is 37.1 Å². The number of hydrogen-bond acceptors (Lipinski definition) is 3. The van der Waals surface area contributed by atoms with Crippen LogP contribution in [-0.2, 0) is 0 Å². The molecular weight excluding hydrogens is 270 g/mol. The summed E-state index contributed by atoms with van der Waals surface area (Å²) in [7, 11) is 0. The predicted octanol–water partition coefficient (Wildman–Crippen LogP) is 2.82. The smallest absolute Gasteiger partial charge is 0.319 e. The van der Waals surface area contributed by atoms with Crippen LogP contribution >= 0.6 is 0 Å². The van der Waals surface area contributed by atoms with E-state index in [4.69, 9.17) is 4.42 Å². The van der Waals surface area contributed by atoms with E-state index in [1.54, 1.807) is 30.3 Å². The van der Waals surface area contributed by atoms with Crippen molar-refractivity contribution in [3.63, 3.8) is 0 Å². The SMILES string of the molecule is O=C(Nc1cccc(NC(=O)c2ccoc2)c1)NC1CC1. The quantitative estimate of drug-likeness (QED) is 0.807. The number of anilines is 2. The molecule has 1 aliphatic carbocycles. The van der Waals surface area contributed by atoms with Gasteiger partial charge >= 0.3 is 6.03 Å². The molecule has 1 saturated carbocycles. The highest BCUT2D eigenvalue weighted by Crippen LogP contribution is 2.20. The fourth-order valence-corrected chi connectivity index (χ4v) is 1.85. The lowest BCUT2D eigenvalue weighted by Crippen LogP contribution is -2.30.